The van der Waals surface area contributed by atoms with Gasteiger partial charge in [-0.25, -0.2) is 0 Å². The molecule has 0 saturated carbocycles. The summed E-state index contributed by atoms with van der Waals surface area (Å²) < 4.78 is 0. The maximum Gasteiger partial charge on any atom is 0.0263 e. The predicted octanol–water partition coefficient (Wildman–Crippen LogP) is 4.77. The molecule has 84 valence electrons. The molecule has 0 amide bonds. The number of aryl methyl sites for hydroxylation is 1. The molecular formula is C16H13Cl. The average Bonchev–Trinajstić information content (AvgIpc) is 2.36. The second-order valence-electron chi connectivity index (χ2n) is 4.32. The van der Waals surface area contributed by atoms with Crippen molar-refractivity contribution in [1.82, 2.24) is 0 Å². The van der Waals surface area contributed by atoms with Crippen LogP contribution in [-0.4, -0.2) is 5.88 Å². The van der Waals surface area contributed by atoms with E-state index >= 15 is 0 Å². The van der Waals surface area contributed by atoms with Gasteiger partial charge in [-0.1, -0.05) is 42.5 Å². The summed E-state index contributed by atoms with van der Waals surface area (Å²) in [4.78, 5) is 0. The van der Waals surface area contributed by atoms with Gasteiger partial charge in [-0.2, -0.15) is 0 Å². The van der Waals surface area contributed by atoms with Crippen LogP contribution in [0.15, 0.2) is 54.6 Å². The highest BCUT2D eigenvalue weighted by molar-refractivity contribution is 6.18. The van der Waals surface area contributed by atoms with E-state index in [1.807, 2.05) is 0 Å². The molecule has 0 heterocycles. The van der Waals surface area contributed by atoms with E-state index in [9.17, 15) is 0 Å². The summed E-state index contributed by atoms with van der Waals surface area (Å²) in [5.41, 5.74) is 1.31. The summed E-state index contributed by atoms with van der Waals surface area (Å²) in [5.74, 6) is 0.680. The Bertz CT molecular complexity index is 670. The smallest absolute Gasteiger partial charge is 0.0263 e. The van der Waals surface area contributed by atoms with Gasteiger partial charge in [-0.15, -0.1) is 11.6 Å². The fourth-order valence-electron chi connectivity index (χ4n) is 2.25. The van der Waals surface area contributed by atoms with Crippen molar-refractivity contribution in [2.75, 3.05) is 5.88 Å². The van der Waals surface area contributed by atoms with Crippen LogP contribution in [0.5, 0.6) is 0 Å². The molecule has 3 aromatic rings. The van der Waals surface area contributed by atoms with Crippen LogP contribution >= 0.6 is 11.6 Å². The average molecular weight is 241 g/mol. The summed E-state index contributed by atoms with van der Waals surface area (Å²) in [6, 6.07) is 19.6. The van der Waals surface area contributed by atoms with Crippen molar-refractivity contribution >= 4 is 33.1 Å². The Labute approximate surface area is 106 Å². The lowest BCUT2D eigenvalue weighted by molar-refractivity contribution is 1.16. The molecule has 3 rings (SSSR count). The van der Waals surface area contributed by atoms with Gasteiger partial charge in [-0.05, 0) is 45.7 Å². The van der Waals surface area contributed by atoms with Crippen molar-refractivity contribution in [1.29, 1.82) is 0 Å². The van der Waals surface area contributed by atoms with Crippen LogP contribution in [0.2, 0.25) is 0 Å². The molecule has 0 aliphatic rings. The van der Waals surface area contributed by atoms with Crippen LogP contribution in [-0.2, 0) is 6.42 Å². The van der Waals surface area contributed by atoms with E-state index in [0.717, 1.165) is 6.42 Å². The minimum atomic E-state index is 0.680. The number of fused-ring (bicyclic) bond motifs is 2. The normalized spacial score (nSPS) is 11.1. The maximum atomic E-state index is 5.78. The highest BCUT2D eigenvalue weighted by Crippen LogP contribution is 2.23. The SMILES string of the molecule is ClCCc1ccc2cc3ccccc3cc2c1. The second kappa shape index (κ2) is 4.38. The third kappa shape index (κ3) is 2.01. The quantitative estimate of drug-likeness (QED) is 0.447. The first-order valence-electron chi connectivity index (χ1n) is 5.84. The molecular weight excluding hydrogens is 228 g/mol. The number of hydrogen-bond acceptors (Lipinski definition) is 0. The maximum absolute atomic E-state index is 5.78. The van der Waals surface area contributed by atoms with E-state index in [1.54, 1.807) is 0 Å². The van der Waals surface area contributed by atoms with E-state index in [4.69, 9.17) is 11.6 Å². The molecule has 0 spiro atoms. The van der Waals surface area contributed by atoms with Gasteiger partial charge >= 0.3 is 0 Å². The monoisotopic (exact) mass is 240 g/mol. The van der Waals surface area contributed by atoms with Gasteiger partial charge < -0.3 is 0 Å². The van der Waals surface area contributed by atoms with Gasteiger partial charge in [0, 0.05) is 5.88 Å². The molecule has 0 radical (unpaired) electrons. The predicted molar refractivity (Wildman–Crippen MR) is 75.9 cm³/mol. The third-order valence-electron chi connectivity index (χ3n) is 3.15. The van der Waals surface area contributed by atoms with E-state index < -0.39 is 0 Å². The highest BCUT2D eigenvalue weighted by atomic mass is 35.5. The number of hydrogen-bond donors (Lipinski definition) is 0. The fourth-order valence-corrected chi connectivity index (χ4v) is 2.47. The molecule has 0 nitrogen and oxygen atoms in total. The van der Waals surface area contributed by atoms with Gasteiger partial charge in [0.1, 0.15) is 0 Å². The van der Waals surface area contributed by atoms with Gasteiger partial charge in [0.2, 0.25) is 0 Å². The minimum Gasteiger partial charge on any atom is -0.126 e. The zero-order chi connectivity index (χ0) is 11.7. The van der Waals surface area contributed by atoms with Crippen LogP contribution in [0, 0.1) is 0 Å². The van der Waals surface area contributed by atoms with Crippen LogP contribution in [0.3, 0.4) is 0 Å². The zero-order valence-electron chi connectivity index (χ0n) is 9.49. The summed E-state index contributed by atoms with van der Waals surface area (Å²) >= 11 is 5.78. The first-order chi connectivity index (χ1) is 8.36. The molecule has 0 aliphatic carbocycles. The van der Waals surface area contributed by atoms with Crippen molar-refractivity contribution < 1.29 is 0 Å². The van der Waals surface area contributed by atoms with E-state index in [1.165, 1.54) is 27.1 Å². The lowest BCUT2D eigenvalue weighted by atomic mass is 10.0. The molecule has 17 heavy (non-hydrogen) atoms. The number of halogens is 1. The highest BCUT2D eigenvalue weighted by Gasteiger charge is 1.99. The molecule has 0 N–H and O–H groups in total. The molecule has 0 atom stereocenters. The Balaban J connectivity index is 2.25. The largest absolute Gasteiger partial charge is 0.126 e. The van der Waals surface area contributed by atoms with Gasteiger partial charge in [-0.3, -0.25) is 0 Å². The molecule has 0 fully saturated rings. The van der Waals surface area contributed by atoms with Crippen molar-refractivity contribution in [2.45, 2.75) is 6.42 Å². The lowest BCUT2D eigenvalue weighted by Crippen LogP contribution is -1.86. The van der Waals surface area contributed by atoms with E-state index in [-0.39, 0.29) is 0 Å². The van der Waals surface area contributed by atoms with Crippen LogP contribution in [0.25, 0.3) is 21.5 Å². The van der Waals surface area contributed by atoms with E-state index in [0.29, 0.717) is 5.88 Å². The first-order valence-corrected chi connectivity index (χ1v) is 6.38. The Kier molecular flexibility index (Phi) is 2.74. The Morgan fingerprint density at radius 2 is 1.35 bits per heavy atom. The van der Waals surface area contributed by atoms with Crippen molar-refractivity contribution in [2.24, 2.45) is 0 Å². The summed E-state index contributed by atoms with van der Waals surface area (Å²) in [6.45, 7) is 0. The fraction of sp³-hybridized carbons (Fsp3) is 0.125. The Hall–Kier alpha value is -1.53. The second-order valence-corrected chi connectivity index (χ2v) is 4.70. The minimum absolute atomic E-state index is 0.680. The summed E-state index contributed by atoms with van der Waals surface area (Å²) in [6.07, 6.45) is 0.935. The van der Waals surface area contributed by atoms with Gasteiger partial charge in [0.25, 0.3) is 0 Å². The molecule has 0 aromatic heterocycles. The standard InChI is InChI=1S/C16H13Cl/c17-8-7-12-5-6-15-10-13-3-1-2-4-14(13)11-16(15)9-12/h1-6,9-11H,7-8H2. The zero-order valence-corrected chi connectivity index (χ0v) is 10.2. The van der Waals surface area contributed by atoms with E-state index in [2.05, 4.69) is 54.6 Å². The van der Waals surface area contributed by atoms with Crippen molar-refractivity contribution in [3.63, 3.8) is 0 Å². The molecule has 0 unspecified atom stereocenters. The number of rotatable bonds is 2. The number of alkyl halides is 1. The molecule has 0 aliphatic heterocycles. The van der Waals surface area contributed by atoms with Crippen LogP contribution in [0.4, 0.5) is 0 Å². The van der Waals surface area contributed by atoms with Crippen LogP contribution in [0.1, 0.15) is 5.56 Å². The molecule has 1 heteroatoms. The summed E-state index contributed by atoms with van der Waals surface area (Å²) in [7, 11) is 0. The third-order valence-corrected chi connectivity index (χ3v) is 3.34. The molecule has 3 aromatic carbocycles. The van der Waals surface area contributed by atoms with Gasteiger partial charge in [0.15, 0.2) is 0 Å². The summed E-state index contributed by atoms with van der Waals surface area (Å²) in [5, 5.41) is 5.18. The van der Waals surface area contributed by atoms with Crippen molar-refractivity contribution in [3.8, 4) is 0 Å². The van der Waals surface area contributed by atoms with Gasteiger partial charge in [0.05, 0.1) is 0 Å². The number of benzene rings is 3. The topological polar surface area (TPSA) is 0 Å². The Morgan fingerprint density at radius 3 is 2.06 bits per heavy atom. The molecule has 0 saturated heterocycles. The first kappa shape index (κ1) is 10.6. The lowest BCUT2D eigenvalue weighted by Gasteiger charge is -2.04. The molecule has 0 bridgehead atoms. The van der Waals surface area contributed by atoms with Crippen molar-refractivity contribution in [3.05, 3.63) is 60.2 Å². The van der Waals surface area contributed by atoms with Crippen LogP contribution < -0.4 is 0 Å². The Morgan fingerprint density at radius 1 is 0.706 bits per heavy atom.